The quantitative estimate of drug-likeness (QED) is 0.742. The zero-order chi connectivity index (χ0) is 18.1. The number of thiophene rings is 1. The van der Waals surface area contributed by atoms with Gasteiger partial charge in [0.2, 0.25) is 17.8 Å². The van der Waals surface area contributed by atoms with Gasteiger partial charge in [0.1, 0.15) is 6.33 Å². The molecule has 26 heavy (non-hydrogen) atoms. The Kier molecular flexibility index (Phi) is 4.26. The lowest BCUT2D eigenvalue weighted by molar-refractivity contribution is -0.122. The van der Waals surface area contributed by atoms with E-state index in [9.17, 15) is 9.59 Å². The maximum Gasteiger partial charge on any atom is 0.232 e. The van der Waals surface area contributed by atoms with Gasteiger partial charge >= 0.3 is 0 Å². The van der Waals surface area contributed by atoms with Gasteiger partial charge in [0.15, 0.2) is 0 Å². The van der Waals surface area contributed by atoms with E-state index in [1.54, 1.807) is 16.2 Å². The van der Waals surface area contributed by atoms with Gasteiger partial charge in [-0.1, -0.05) is 23.8 Å². The smallest absolute Gasteiger partial charge is 0.232 e. The highest BCUT2D eigenvalue weighted by molar-refractivity contribution is 7.10. The van der Waals surface area contributed by atoms with Crippen LogP contribution in [-0.4, -0.2) is 27.0 Å². The van der Waals surface area contributed by atoms with E-state index in [0.717, 1.165) is 16.1 Å². The van der Waals surface area contributed by atoms with Crippen molar-refractivity contribution in [2.75, 3.05) is 10.2 Å². The first kappa shape index (κ1) is 16.5. The van der Waals surface area contributed by atoms with Crippen LogP contribution < -0.4 is 10.2 Å². The van der Waals surface area contributed by atoms with E-state index < -0.39 is 5.92 Å². The van der Waals surface area contributed by atoms with E-state index in [2.05, 4.69) is 20.5 Å². The lowest BCUT2D eigenvalue weighted by atomic mass is 9.97. The first-order valence-corrected chi connectivity index (χ1v) is 9.10. The van der Waals surface area contributed by atoms with Gasteiger partial charge in [0, 0.05) is 17.0 Å². The number of H-pyrrole nitrogens is 1. The molecule has 0 radical (unpaired) electrons. The van der Waals surface area contributed by atoms with Gasteiger partial charge in [0.25, 0.3) is 0 Å². The molecule has 3 aromatic rings. The number of nitrogens with zero attached hydrogens (tertiary/aromatic N) is 3. The summed E-state index contributed by atoms with van der Waals surface area (Å²) in [6.45, 7) is 2.00. The highest BCUT2D eigenvalue weighted by atomic mass is 32.1. The van der Waals surface area contributed by atoms with Crippen molar-refractivity contribution in [2.45, 2.75) is 19.4 Å². The fraction of sp³-hybridized carbons (Fsp3) is 0.222. The highest BCUT2D eigenvalue weighted by Gasteiger charge is 2.45. The maximum atomic E-state index is 12.8. The minimum absolute atomic E-state index is 0.0648. The Morgan fingerprint density at radius 2 is 2.12 bits per heavy atom. The van der Waals surface area contributed by atoms with Crippen LogP contribution in [0.4, 0.5) is 11.6 Å². The van der Waals surface area contributed by atoms with Crippen LogP contribution in [0.2, 0.25) is 0 Å². The third-order valence-corrected chi connectivity index (χ3v) is 5.41. The van der Waals surface area contributed by atoms with Gasteiger partial charge in [0.05, 0.1) is 12.0 Å². The molecule has 2 amide bonds. The van der Waals surface area contributed by atoms with Crippen molar-refractivity contribution in [3.63, 3.8) is 0 Å². The molecule has 0 unspecified atom stereocenters. The number of aryl methyl sites for hydroxylation is 1. The van der Waals surface area contributed by atoms with Crippen LogP contribution in [-0.2, 0) is 9.59 Å². The van der Waals surface area contributed by atoms with Crippen LogP contribution in [0.25, 0.3) is 0 Å². The first-order chi connectivity index (χ1) is 12.6. The molecule has 1 aromatic carbocycles. The number of aromatic amines is 1. The predicted molar refractivity (Wildman–Crippen MR) is 98.8 cm³/mol. The van der Waals surface area contributed by atoms with Crippen LogP contribution in [0.1, 0.15) is 22.9 Å². The summed E-state index contributed by atoms with van der Waals surface area (Å²) in [5, 5.41) is 11.0. The standard InChI is InChI=1S/C18H17N5O2S/c1-11-4-6-12(7-5-11)23-15(24)9-13(16(23)14-3-2-8-26-14)17(25)21-18-19-10-20-22-18/h2-8,10,13,16H,9H2,1H3,(H2,19,20,21,22,25)/t13-,16+/m0/s1. The van der Waals surface area contributed by atoms with E-state index >= 15 is 0 Å². The molecule has 4 rings (SSSR count). The number of amides is 2. The molecule has 0 spiro atoms. The van der Waals surface area contributed by atoms with Crippen LogP contribution in [0.3, 0.4) is 0 Å². The third-order valence-electron chi connectivity index (χ3n) is 4.46. The van der Waals surface area contributed by atoms with Crippen molar-refractivity contribution < 1.29 is 9.59 Å². The molecule has 132 valence electrons. The Labute approximate surface area is 154 Å². The maximum absolute atomic E-state index is 12.8. The van der Waals surface area contributed by atoms with Gasteiger partial charge in [-0.2, -0.15) is 10.1 Å². The molecule has 1 aliphatic rings. The summed E-state index contributed by atoms with van der Waals surface area (Å²) in [6, 6.07) is 11.3. The van der Waals surface area contributed by atoms with Gasteiger partial charge < -0.3 is 4.90 Å². The van der Waals surface area contributed by atoms with Crippen molar-refractivity contribution >= 4 is 34.8 Å². The summed E-state index contributed by atoms with van der Waals surface area (Å²) < 4.78 is 0. The van der Waals surface area contributed by atoms with Gasteiger partial charge in [-0.15, -0.1) is 11.3 Å². The second-order valence-corrected chi connectivity index (χ2v) is 7.17. The topological polar surface area (TPSA) is 91.0 Å². The zero-order valence-corrected chi connectivity index (χ0v) is 14.9. The minimum Gasteiger partial charge on any atom is -0.303 e. The number of anilines is 2. The van der Waals surface area contributed by atoms with Crippen molar-refractivity contribution in [2.24, 2.45) is 5.92 Å². The molecule has 3 heterocycles. The number of carbonyl (C=O) groups is 2. The number of carbonyl (C=O) groups excluding carboxylic acids is 2. The van der Waals surface area contributed by atoms with Gasteiger partial charge in [-0.3, -0.25) is 14.9 Å². The average molecular weight is 367 g/mol. The fourth-order valence-corrected chi connectivity index (χ4v) is 4.12. The van der Waals surface area contributed by atoms with Gasteiger partial charge in [-0.25, -0.2) is 5.10 Å². The number of benzene rings is 1. The molecular weight excluding hydrogens is 350 g/mol. The average Bonchev–Trinajstić information content (AvgIpc) is 3.36. The molecule has 0 bridgehead atoms. The normalized spacial score (nSPS) is 19.7. The number of hydrogen-bond donors (Lipinski definition) is 2. The summed E-state index contributed by atoms with van der Waals surface area (Å²) in [4.78, 5) is 32.3. The Bertz CT molecular complexity index is 906. The molecule has 2 aromatic heterocycles. The van der Waals surface area contributed by atoms with Crippen molar-refractivity contribution in [3.05, 3.63) is 58.5 Å². The van der Waals surface area contributed by atoms with E-state index in [4.69, 9.17) is 0 Å². The molecule has 0 aliphatic carbocycles. The number of hydrogen-bond acceptors (Lipinski definition) is 5. The number of rotatable bonds is 4. The summed E-state index contributed by atoms with van der Waals surface area (Å²) in [5.74, 6) is -0.540. The van der Waals surface area contributed by atoms with Crippen LogP contribution in [0.5, 0.6) is 0 Å². The van der Waals surface area contributed by atoms with Crippen molar-refractivity contribution in [1.29, 1.82) is 0 Å². The van der Waals surface area contributed by atoms with E-state index in [-0.39, 0.29) is 30.2 Å². The van der Waals surface area contributed by atoms with E-state index in [0.29, 0.717) is 0 Å². The molecule has 0 saturated carbocycles. The Morgan fingerprint density at radius 3 is 2.77 bits per heavy atom. The van der Waals surface area contributed by atoms with Gasteiger partial charge in [-0.05, 0) is 30.5 Å². The first-order valence-electron chi connectivity index (χ1n) is 8.22. The highest BCUT2D eigenvalue weighted by Crippen LogP contribution is 2.43. The molecular formula is C18H17N5O2S. The van der Waals surface area contributed by atoms with Crippen molar-refractivity contribution in [1.82, 2.24) is 15.2 Å². The van der Waals surface area contributed by atoms with Crippen LogP contribution in [0.15, 0.2) is 48.1 Å². The third kappa shape index (κ3) is 2.99. The molecule has 7 nitrogen and oxygen atoms in total. The zero-order valence-electron chi connectivity index (χ0n) is 14.0. The number of aromatic nitrogens is 3. The largest absolute Gasteiger partial charge is 0.303 e. The Hall–Kier alpha value is -3.00. The summed E-state index contributed by atoms with van der Waals surface area (Å²) in [5.41, 5.74) is 1.92. The summed E-state index contributed by atoms with van der Waals surface area (Å²) in [6.07, 6.45) is 1.47. The molecule has 1 fully saturated rings. The minimum atomic E-state index is -0.507. The van der Waals surface area contributed by atoms with E-state index in [1.165, 1.54) is 6.33 Å². The Morgan fingerprint density at radius 1 is 1.31 bits per heavy atom. The second kappa shape index (κ2) is 6.72. The molecule has 2 N–H and O–H groups in total. The monoisotopic (exact) mass is 367 g/mol. The Balaban J connectivity index is 1.69. The molecule has 1 aliphatic heterocycles. The predicted octanol–water partition coefficient (Wildman–Crippen LogP) is 2.91. The van der Waals surface area contributed by atoms with Crippen molar-refractivity contribution in [3.8, 4) is 0 Å². The SMILES string of the molecule is Cc1ccc(N2C(=O)C[C@H](C(=O)Nc3ncn[nH]3)[C@@H]2c2cccs2)cc1. The lowest BCUT2D eigenvalue weighted by Crippen LogP contribution is -2.32. The number of nitrogens with one attached hydrogen (secondary N) is 2. The van der Waals surface area contributed by atoms with E-state index in [1.807, 2.05) is 48.7 Å². The summed E-state index contributed by atoms with van der Waals surface area (Å²) in [7, 11) is 0. The molecule has 2 atom stereocenters. The van der Waals surface area contributed by atoms with Crippen LogP contribution >= 0.6 is 11.3 Å². The fourth-order valence-electron chi connectivity index (χ4n) is 3.24. The molecule has 8 heteroatoms. The lowest BCUT2D eigenvalue weighted by Gasteiger charge is -2.27. The van der Waals surface area contributed by atoms with Crippen LogP contribution in [0, 0.1) is 12.8 Å². The molecule has 1 saturated heterocycles. The summed E-state index contributed by atoms with van der Waals surface area (Å²) >= 11 is 1.54. The second-order valence-electron chi connectivity index (χ2n) is 6.19.